The average Bonchev–Trinajstić information content (AvgIpc) is 3.47. The van der Waals surface area contributed by atoms with Crippen molar-refractivity contribution in [2.24, 2.45) is 5.92 Å². The largest absolute Gasteiger partial charge is 0.360 e. The van der Waals surface area contributed by atoms with Crippen molar-refractivity contribution < 1.29 is 14.1 Å². The Morgan fingerprint density at radius 3 is 2.53 bits per heavy atom. The number of carbonyl (C=O) groups is 2. The number of aromatic nitrogens is 1. The Morgan fingerprint density at radius 1 is 1.20 bits per heavy atom. The summed E-state index contributed by atoms with van der Waals surface area (Å²) >= 11 is 0. The van der Waals surface area contributed by atoms with Crippen molar-refractivity contribution in [1.82, 2.24) is 20.7 Å². The molecule has 1 aromatic heterocycles. The van der Waals surface area contributed by atoms with E-state index in [1.807, 2.05) is 6.07 Å². The van der Waals surface area contributed by atoms with E-state index in [9.17, 15) is 9.59 Å². The summed E-state index contributed by atoms with van der Waals surface area (Å²) in [4.78, 5) is 24.9. The van der Waals surface area contributed by atoms with E-state index >= 15 is 0 Å². The quantitative estimate of drug-likeness (QED) is 0.718. The summed E-state index contributed by atoms with van der Waals surface area (Å²) in [6.07, 6.45) is 12.5. The van der Waals surface area contributed by atoms with Crippen LogP contribution in [0.5, 0.6) is 0 Å². The third kappa shape index (κ3) is 5.49. The third-order valence-electron chi connectivity index (χ3n) is 7.30. The minimum atomic E-state index is -0.0710. The molecule has 0 radical (unpaired) electrons. The maximum Gasteiger partial charge on any atom is 0.273 e. The monoisotopic (exact) mass is 416 g/mol. The number of amides is 1. The molecule has 30 heavy (non-hydrogen) atoms. The van der Waals surface area contributed by atoms with Gasteiger partial charge in [-0.15, -0.1) is 0 Å². The summed E-state index contributed by atoms with van der Waals surface area (Å²) in [5, 5.41) is 10.4. The number of aldehydes is 1. The van der Waals surface area contributed by atoms with Crippen molar-refractivity contribution >= 4 is 12.2 Å². The van der Waals surface area contributed by atoms with Crippen LogP contribution in [0.15, 0.2) is 10.6 Å². The van der Waals surface area contributed by atoms with Gasteiger partial charge < -0.3 is 24.9 Å². The number of piperidine rings is 3. The van der Waals surface area contributed by atoms with Crippen LogP contribution in [0.1, 0.15) is 86.4 Å². The molecule has 7 nitrogen and oxygen atoms in total. The summed E-state index contributed by atoms with van der Waals surface area (Å²) in [7, 11) is 2.23. The van der Waals surface area contributed by atoms with Gasteiger partial charge in [0, 0.05) is 36.5 Å². The molecule has 4 heterocycles. The first kappa shape index (κ1) is 21.5. The third-order valence-corrected chi connectivity index (χ3v) is 7.30. The number of nitrogens with one attached hydrogen (secondary N) is 2. The van der Waals surface area contributed by atoms with Gasteiger partial charge in [0.15, 0.2) is 5.69 Å². The second-order valence-electron chi connectivity index (χ2n) is 9.53. The summed E-state index contributed by atoms with van der Waals surface area (Å²) in [5.41, 5.74) is 0.445. The molecule has 2 bridgehead atoms. The highest BCUT2D eigenvalue weighted by atomic mass is 16.5. The van der Waals surface area contributed by atoms with Crippen LogP contribution < -0.4 is 10.6 Å². The number of rotatable bonds is 5. The van der Waals surface area contributed by atoms with Crippen LogP contribution in [-0.4, -0.2) is 60.5 Å². The number of hydrogen-bond acceptors (Lipinski definition) is 6. The molecule has 1 saturated carbocycles. The van der Waals surface area contributed by atoms with Gasteiger partial charge in [-0.3, -0.25) is 4.79 Å². The fraction of sp³-hybridized carbons (Fsp3) is 0.783. The SMILES string of the molecule is CN1C2CCCC1CC(NC(=O)c1cc(C3CC3)on1)C2.O=CCC1CCNCC1. The molecule has 166 valence electrons. The Hall–Kier alpha value is -1.73. The lowest BCUT2D eigenvalue weighted by Gasteiger charge is -2.47. The zero-order valence-electron chi connectivity index (χ0n) is 18.1. The van der Waals surface area contributed by atoms with Crippen LogP contribution in [-0.2, 0) is 4.79 Å². The molecule has 4 fully saturated rings. The fourth-order valence-electron chi connectivity index (χ4n) is 5.20. The minimum Gasteiger partial charge on any atom is -0.360 e. The molecule has 2 atom stereocenters. The fourth-order valence-corrected chi connectivity index (χ4v) is 5.20. The van der Waals surface area contributed by atoms with Gasteiger partial charge in [0.2, 0.25) is 0 Å². The van der Waals surface area contributed by atoms with E-state index in [-0.39, 0.29) is 11.9 Å². The van der Waals surface area contributed by atoms with E-state index in [2.05, 4.69) is 27.7 Å². The predicted molar refractivity (Wildman–Crippen MR) is 114 cm³/mol. The van der Waals surface area contributed by atoms with Crippen LogP contribution in [0, 0.1) is 5.92 Å². The first-order valence-corrected chi connectivity index (χ1v) is 11.8. The Bertz CT molecular complexity index is 697. The maximum absolute atomic E-state index is 12.3. The van der Waals surface area contributed by atoms with Gasteiger partial charge >= 0.3 is 0 Å². The molecule has 0 aromatic carbocycles. The molecule has 7 heteroatoms. The highest BCUT2D eigenvalue weighted by Crippen LogP contribution is 2.40. The maximum atomic E-state index is 12.3. The van der Waals surface area contributed by atoms with Gasteiger partial charge in [-0.2, -0.15) is 0 Å². The Morgan fingerprint density at radius 2 is 1.90 bits per heavy atom. The summed E-state index contributed by atoms with van der Waals surface area (Å²) in [5.74, 6) is 1.98. The van der Waals surface area contributed by atoms with Gasteiger partial charge in [0.05, 0.1) is 0 Å². The topological polar surface area (TPSA) is 87.5 Å². The second-order valence-corrected chi connectivity index (χ2v) is 9.53. The standard InChI is InChI=1S/C16H23N3O2.C7H13NO/c1-19-12-3-2-4-13(19)8-11(7-12)17-16(20)14-9-15(21-18-14)10-5-6-10;9-6-3-7-1-4-8-5-2-7/h9-13H,2-8H2,1H3,(H,17,20);6-8H,1-5H2. The predicted octanol–water partition coefficient (Wildman–Crippen LogP) is 2.87. The zero-order chi connectivity index (χ0) is 20.9. The van der Waals surface area contributed by atoms with Crippen LogP contribution >= 0.6 is 0 Å². The Kier molecular flexibility index (Phi) is 7.20. The summed E-state index contributed by atoms with van der Waals surface area (Å²) < 4.78 is 5.27. The van der Waals surface area contributed by atoms with Crippen LogP contribution in [0.25, 0.3) is 0 Å². The van der Waals surface area contributed by atoms with Crippen molar-refractivity contribution in [1.29, 1.82) is 0 Å². The normalized spacial score (nSPS) is 29.6. The van der Waals surface area contributed by atoms with Crippen molar-refractivity contribution in [2.75, 3.05) is 20.1 Å². The van der Waals surface area contributed by atoms with Crippen molar-refractivity contribution in [2.45, 2.75) is 88.3 Å². The van der Waals surface area contributed by atoms with Crippen LogP contribution in [0.2, 0.25) is 0 Å². The van der Waals surface area contributed by atoms with Gasteiger partial charge in [0.25, 0.3) is 5.91 Å². The Balaban J connectivity index is 0.000000204. The second kappa shape index (κ2) is 10.1. The molecule has 1 aromatic rings. The van der Waals surface area contributed by atoms with Gasteiger partial charge in [-0.05, 0) is 77.4 Å². The highest BCUT2D eigenvalue weighted by molar-refractivity contribution is 5.92. The van der Waals surface area contributed by atoms with Gasteiger partial charge in [0.1, 0.15) is 12.0 Å². The molecule has 3 saturated heterocycles. The molecule has 1 amide bonds. The minimum absolute atomic E-state index is 0.0710. The number of hydrogen-bond donors (Lipinski definition) is 2. The summed E-state index contributed by atoms with van der Waals surface area (Å²) in [6.45, 7) is 2.19. The molecular weight excluding hydrogens is 380 g/mol. The molecule has 4 aliphatic rings. The van der Waals surface area contributed by atoms with Crippen LogP contribution in [0.3, 0.4) is 0 Å². The molecule has 2 unspecified atom stereocenters. The first-order chi connectivity index (χ1) is 14.6. The number of fused-ring (bicyclic) bond motifs is 2. The lowest BCUT2D eigenvalue weighted by molar-refractivity contribution is -0.108. The van der Waals surface area contributed by atoms with Gasteiger partial charge in [-0.25, -0.2) is 0 Å². The van der Waals surface area contributed by atoms with Crippen molar-refractivity contribution in [3.63, 3.8) is 0 Å². The lowest BCUT2D eigenvalue weighted by Crippen LogP contribution is -2.55. The summed E-state index contributed by atoms with van der Waals surface area (Å²) in [6, 6.07) is 3.36. The Labute approximate surface area is 179 Å². The average molecular weight is 417 g/mol. The molecule has 1 aliphatic carbocycles. The van der Waals surface area contributed by atoms with E-state index in [0.717, 1.165) is 57.2 Å². The van der Waals surface area contributed by atoms with E-state index in [4.69, 9.17) is 4.52 Å². The number of nitrogens with zero attached hydrogens (tertiary/aromatic N) is 2. The van der Waals surface area contributed by atoms with Crippen molar-refractivity contribution in [3.8, 4) is 0 Å². The van der Waals surface area contributed by atoms with E-state index in [0.29, 0.717) is 29.6 Å². The van der Waals surface area contributed by atoms with Crippen molar-refractivity contribution in [3.05, 3.63) is 17.5 Å². The molecule has 3 aliphatic heterocycles. The van der Waals surface area contributed by atoms with E-state index < -0.39 is 0 Å². The lowest BCUT2D eigenvalue weighted by atomic mass is 9.82. The smallest absolute Gasteiger partial charge is 0.273 e. The number of carbonyl (C=O) groups excluding carboxylic acids is 2. The van der Waals surface area contributed by atoms with E-state index in [1.165, 1.54) is 32.1 Å². The molecule has 5 rings (SSSR count). The molecule has 2 N–H and O–H groups in total. The van der Waals surface area contributed by atoms with Gasteiger partial charge in [-0.1, -0.05) is 11.6 Å². The molecular formula is C23H36N4O3. The van der Waals surface area contributed by atoms with E-state index in [1.54, 1.807) is 0 Å². The molecule has 0 spiro atoms. The van der Waals surface area contributed by atoms with Crippen LogP contribution in [0.4, 0.5) is 0 Å². The zero-order valence-corrected chi connectivity index (χ0v) is 18.1. The first-order valence-electron chi connectivity index (χ1n) is 11.8. The highest BCUT2D eigenvalue weighted by Gasteiger charge is 2.37.